The lowest BCUT2D eigenvalue weighted by Crippen LogP contribution is -2.02. The molecule has 10 rings (SSSR count). The van der Waals surface area contributed by atoms with Crippen molar-refractivity contribution in [3.63, 3.8) is 0 Å². The SMILES string of the molecule is N#Cc1ccc(-c2ccc3c4ccc(-c5ccc(C#N)cc5)cc4n(-c4ccc(-c5cccc(F)c5)c(-c5nc(-c6ccccc6)nc(-c6ccccc6)n5)c4)c3c2)cc1. The van der Waals surface area contributed by atoms with Gasteiger partial charge in [0, 0.05) is 33.2 Å². The highest BCUT2D eigenvalue weighted by molar-refractivity contribution is 6.11. The van der Waals surface area contributed by atoms with Crippen LogP contribution in [0.1, 0.15) is 11.1 Å². The summed E-state index contributed by atoms with van der Waals surface area (Å²) in [5.74, 6) is 1.14. The number of nitriles is 2. The maximum Gasteiger partial charge on any atom is 0.164 e. The highest BCUT2D eigenvalue weighted by atomic mass is 19.1. The molecule has 0 aliphatic carbocycles. The van der Waals surface area contributed by atoms with Crippen molar-refractivity contribution in [1.82, 2.24) is 19.5 Å². The average Bonchev–Trinajstić information content (AvgIpc) is 3.64. The van der Waals surface area contributed by atoms with E-state index < -0.39 is 0 Å². The molecule has 0 N–H and O–H groups in total. The average molecular weight is 771 g/mol. The van der Waals surface area contributed by atoms with Gasteiger partial charge in [0.25, 0.3) is 0 Å². The topological polar surface area (TPSA) is 91.2 Å². The van der Waals surface area contributed by atoms with Crippen LogP contribution in [0.15, 0.2) is 188 Å². The fourth-order valence-electron chi connectivity index (χ4n) is 7.82. The van der Waals surface area contributed by atoms with Crippen LogP contribution in [0.5, 0.6) is 0 Å². The molecule has 8 aromatic carbocycles. The number of fused-ring (bicyclic) bond motifs is 3. The number of hydrogen-bond donors (Lipinski definition) is 0. The summed E-state index contributed by atoms with van der Waals surface area (Å²) in [6.45, 7) is 0. The summed E-state index contributed by atoms with van der Waals surface area (Å²) in [5, 5.41) is 21.1. The van der Waals surface area contributed by atoms with Crippen molar-refractivity contribution in [3.8, 4) is 85.4 Å². The van der Waals surface area contributed by atoms with Crippen molar-refractivity contribution in [3.05, 3.63) is 205 Å². The minimum atomic E-state index is -0.346. The minimum absolute atomic E-state index is 0.346. The maximum atomic E-state index is 15.0. The highest BCUT2D eigenvalue weighted by Gasteiger charge is 2.20. The first-order chi connectivity index (χ1) is 29.5. The van der Waals surface area contributed by atoms with E-state index >= 15 is 0 Å². The van der Waals surface area contributed by atoms with Crippen molar-refractivity contribution >= 4 is 21.8 Å². The molecular formula is C53H31FN6. The predicted molar refractivity (Wildman–Crippen MR) is 236 cm³/mol. The summed E-state index contributed by atoms with van der Waals surface area (Å²) in [7, 11) is 0. The molecule has 0 saturated heterocycles. The lowest BCUT2D eigenvalue weighted by atomic mass is 9.97. The van der Waals surface area contributed by atoms with Crippen LogP contribution in [-0.2, 0) is 0 Å². The Kier molecular flexibility index (Phi) is 9.02. The molecule has 0 saturated carbocycles. The van der Waals surface area contributed by atoms with Crippen molar-refractivity contribution in [2.75, 3.05) is 0 Å². The Morgan fingerprint density at radius 2 is 0.867 bits per heavy atom. The van der Waals surface area contributed by atoms with E-state index in [2.05, 4.69) is 65.2 Å². The van der Waals surface area contributed by atoms with Crippen LogP contribution >= 0.6 is 0 Å². The molecule has 0 aliphatic rings. The third kappa shape index (κ3) is 6.63. The fraction of sp³-hybridized carbons (Fsp3) is 0. The Balaban J connectivity index is 1.26. The van der Waals surface area contributed by atoms with E-state index in [0.29, 0.717) is 39.7 Å². The summed E-state index contributed by atoms with van der Waals surface area (Å²) >= 11 is 0. The van der Waals surface area contributed by atoms with E-state index in [1.807, 2.05) is 121 Å². The summed E-state index contributed by atoms with van der Waals surface area (Å²) in [6.07, 6.45) is 0. The normalized spacial score (nSPS) is 11.1. The molecule has 0 radical (unpaired) electrons. The van der Waals surface area contributed by atoms with Gasteiger partial charge in [0.2, 0.25) is 0 Å². The van der Waals surface area contributed by atoms with Crippen molar-refractivity contribution in [2.24, 2.45) is 0 Å². The Morgan fingerprint density at radius 3 is 1.37 bits per heavy atom. The number of halogens is 1. The molecule has 2 aromatic heterocycles. The molecule has 2 heterocycles. The molecular weight excluding hydrogens is 740 g/mol. The zero-order valence-corrected chi connectivity index (χ0v) is 32.0. The zero-order chi connectivity index (χ0) is 40.6. The second-order valence-corrected chi connectivity index (χ2v) is 14.5. The van der Waals surface area contributed by atoms with Gasteiger partial charge in [0.1, 0.15) is 5.82 Å². The standard InChI is InChI=1S/C53H31FN6/c54-43-13-7-12-42(28-43)45-27-24-44(31-48(45)53-58-51(38-8-3-1-4-9-38)57-52(59-53)39-10-5-2-6-11-39)60-49-29-40(36-18-14-34(32-55)15-19-36)22-25-46(49)47-26-23-41(30-50(47)60)37-20-16-35(33-56)17-21-37/h1-31H. The molecule has 0 atom stereocenters. The summed E-state index contributed by atoms with van der Waals surface area (Å²) < 4.78 is 17.2. The first-order valence-corrected chi connectivity index (χ1v) is 19.4. The lowest BCUT2D eigenvalue weighted by molar-refractivity contribution is 0.628. The number of benzene rings is 8. The van der Waals surface area contributed by atoms with E-state index in [9.17, 15) is 14.9 Å². The quantitative estimate of drug-likeness (QED) is 0.161. The zero-order valence-electron chi connectivity index (χ0n) is 32.0. The molecule has 0 aliphatic heterocycles. The van der Waals surface area contributed by atoms with Gasteiger partial charge in [0.05, 0.1) is 34.3 Å². The van der Waals surface area contributed by atoms with Crippen LogP contribution in [0, 0.1) is 28.5 Å². The van der Waals surface area contributed by atoms with E-state index in [-0.39, 0.29) is 5.82 Å². The van der Waals surface area contributed by atoms with Gasteiger partial charge < -0.3 is 4.57 Å². The molecule has 6 nitrogen and oxygen atoms in total. The first kappa shape index (κ1) is 35.9. The third-order valence-corrected chi connectivity index (χ3v) is 10.8. The minimum Gasteiger partial charge on any atom is -0.309 e. The van der Waals surface area contributed by atoms with Gasteiger partial charge in [-0.2, -0.15) is 10.5 Å². The van der Waals surface area contributed by atoms with Crippen LogP contribution < -0.4 is 0 Å². The Labute approximate surface area is 345 Å². The van der Waals surface area contributed by atoms with Crippen molar-refractivity contribution in [2.45, 2.75) is 0 Å². The Bertz CT molecular complexity index is 3150. The van der Waals surface area contributed by atoms with E-state index in [0.717, 1.165) is 66.4 Å². The molecule has 7 heteroatoms. The first-order valence-electron chi connectivity index (χ1n) is 19.4. The van der Waals surface area contributed by atoms with Gasteiger partial charge >= 0.3 is 0 Å². The molecule has 0 bridgehead atoms. The van der Waals surface area contributed by atoms with E-state index in [1.54, 1.807) is 6.07 Å². The van der Waals surface area contributed by atoms with Gasteiger partial charge in [-0.15, -0.1) is 0 Å². The summed E-state index contributed by atoms with van der Waals surface area (Å²) in [6, 6.07) is 64.9. The maximum absolute atomic E-state index is 15.0. The molecule has 0 spiro atoms. The van der Waals surface area contributed by atoms with Crippen LogP contribution in [0.3, 0.4) is 0 Å². The lowest BCUT2D eigenvalue weighted by Gasteiger charge is -2.16. The van der Waals surface area contributed by atoms with Crippen molar-refractivity contribution < 1.29 is 4.39 Å². The smallest absolute Gasteiger partial charge is 0.164 e. The fourth-order valence-corrected chi connectivity index (χ4v) is 7.82. The number of aromatic nitrogens is 4. The summed E-state index contributed by atoms with van der Waals surface area (Å²) in [5.41, 5.74) is 11.8. The second kappa shape index (κ2) is 15.1. The monoisotopic (exact) mass is 770 g/mol. The van der Waals surface area contributed by atoms with Crippen LogP contribution in [0.25, 0.3) is 95.0 Å². The Hall–Kier alpha value is -8.52. The third-order valence-electron chi connectivity index (χ3n) is 10.8. The largest absolute Gasteiger partial charge is 0.309 e. The second-order valence-electron chi connectivity index (χ2n) is 14.5. The Morgan fingerprint density at radius 1 is 0.383 bits per heavy atom. The molecule has 10 aromatic rings. The summed E-state index contributed by atoms with van der Waals surface area (Å²) in [4.78, 5) is 15.2. The van der Waals surface area contributed by atoms with Crippen LogP contribution in [0.4, 0.5) is 4.39 Å². The molecule has 0 amide bonds. The molecule has 280 valence electrons. The molecule has 0 unspecified atom stereocenters. The molecule has 0 fully saturated rings. The van der Waals surface area contributed by atoms with Crippen LogP contribution in [-0.4, -0.2) is 19.5 Å². The van der Waals surface area contributed by atoms with E-state index in [1.165, 1.54) is 12.1 Å². The van der Waals surface area contributed by atoms with Gasteiger partial charge in [-0.25, -0.2) is 19.3 Å². The van der Waals surface area contributed by atoms with Crippen LogP contribution in [0.2, 0.25) is 0 Å². The number of rotatable bonds is 7. The van der Waals surface area contributed by atoms with E-state index in [4.69, 9.17) is 15.0 Å². The van der Waals surface area contributed by atoms with Gasteiger partial charge in [-0.1, -0.05) is 127 Å². The van der Waals surface area contributed by atoms with Gasteiger partial charge in [-0.05, 0) is 94.0 Å². The number of nitrogens with zero attached hydrogens (tertiary/aromatic N) is 6. The highest BCUT2D eigenvalue weighted by Crippen LogP contribution is 2.40. The van der Waals surface area contributed by atoms with Gasteiger partial charge in [0.15, 0.2) is 17.5 Å². The predicted octanol–water partition coefficient (Wildman–Crippen LogP) is 12.9. The number of hydrogen-bond acceptors (Lipinski definition) is 5. The molecule has 60 heavy (non-hydrogen) atoms. The van der Waals surface area contributed by atoms with Crippen molar-refractivity contribution in [1.29, 1.82) is 10.5 Å². The van der Waals surface area contributed by atoms with Gasteiger partial charge in [-0.3, -0.25) is 0 Å².